The Bertz CT molecular complexity index is 376. The average molecular weight is 265 g/mol. The van der Waals surface area contributed by atoms with Crippen molar-refractivity contribution in [3.63, 3.8) is 0 Å². The highest BCUT2D eigenvalue weighted by atomic mass is 32.2. The number of carbonyl (C=O) groups is 2. The first-order valence-electron chi connectivity index (χ1n) is 5.44. The summed E-state index contributed by atoms with van der Waals surface area (Å²) >= 11 is 0. The van der Waals surface area contributed by atoms with Gasteiger partial charge in [-0.3, -0.25) is 9.59 Å². The number of amides is 1. The Morgan fingerprint density at radius 1 is 1.29 bits per heavy atom. The zero-order valence-corrected chi connectivity index (χ0v) is 11.1. The molecule has 2 N–H and O–H groups in total. The van der Waals surface area contributed by atoms with Crippen molar-refractivity contribution in [1.29, 1.82) is 0 Å². The van der Waals surface area contributed by atoms with Crippen LogP contribution in [0, 0.1) is 0 Å². The van der Waals surface area contributed by atoms with Crippen molar-refractivity contribution in [1.82, 2.24) is 5.32 Å². The van der Waals surface area contributed by atoms with Gasteiger partial charge < -0.3 is 10.4 Å². The molecule has 0 fully saturated rings. The predicted octanol–water partition coefficient (Wildman–Crippen LogP) is 0.179. The lowest BCUT2D eigenvalue weighted by Gasteiger charge is -2.16. The van der Waals surface area contributed by atoms with Crippen LogP contribution in [0.15, 0.2) is 0 Å². The molecule has 100 valence electrons. The molecule has 0 aromatic carbocycles. The van der Waals surface area contributed by atoms with Gasteiger partial charge in [-0.05, 0) is 20.3 Å². The number of hydrogen-bond donors (Lipinski definition) is 2. The van der Waals surface area contributed by atoms with E-state index in [0.29, 0.717) is 0 Å². The van der Waals surface area contributed by atoms with E-state index in [1.807, 2.05) is 6.92 Å². The highest BCUT2D eigenvalue weighted by Gasteiger charge is 2.30. The Labute approximate surface area is 101 Å². The van der Waals surface area contributed by atoms with Gasteiger partial charge in [-0.25, -0.2) is 8.42 Å². The normalized spacial score (nSPS) is 15.0. The van der Waals surface area contributed by atoms with Gasteiger partial charge in [0.05, 0.1) is 0 Å². The van der Waals surface area contributed by atoms with E-state index in [-0.39, 0.29) is 6.04 Å². The van der Waals surface area contributed by atoms with Crippen LogP contribution in [0.1, 0.15) is 33.6 Å². The number of carbonyl (C=O) groups excluding carboxylic acids is 1. The third-order valence-corrected chi connectivity index (χ3v) is 4.28. The van der Waals surface area contributed by atoms with Gasteiger partial charge in [0.25, 0.3) is 0 Å². The molecule has 0 aliphatic carbocycles. The van der Waals surface area contributed by atoms with Crippen molar-refractivity contribution in [3.8, 4) is 0 Å². The summed E-state index contributed by atoms with van der Waals surface area (Å²) in [5.41, 5.74) is 0. The third kappa shape index (κ3) is 5.67. The molecule has 0 heterocycles. The number of hydrogen-bond acceptors (Lipinski definition) is 4. The quantitative estimate of drug-likeness (QED) is 0.684. The lowest BCUT2D eigenvalue weighted by Crippen LogP contribution is -2.43. The molecule has 0 aliphatic rings. The van der Waals surface area contributed by atoms with E-state index in [1.165, 1.54) is 6.92 Å². The molecule has 0 aromatic heterocycles. The van der Waals surface area contributed by atoms with E-state index >= 15 is 0 Å². The molecule has 0 saturated carbocycles. The van der Waals surface area contributed by atoms with Crippen molar-refractivity contribution >= 4 is 21.7 Å². The Kier molecular flexibility index (Phi) is 6.15. The maximum atomic E-state index is 11.6. The van der Waals surface area contributed by atoms with Crippen molar-refractivity contribution in [2.75, 3.05) is 5.75 Å². The number of carboxylic acids is 1. The number of nitrogens with one attached hydrogen (secondary N) is 1. The molecule has 6 nitrogen and oxygen atoms in total. The van der Waals surface area contributed by atoms with Crippen LogP contribution in [0.3, 0.4) is 0 Å². The lowest BCUT2D eigenvalue weighted by molar-refractivity contribution is -0.134. The minimum atomic E-state index is -3.93. The molecular formula is C10H19NO5S. The number of sulfone groups is 1. The van der Waals surface area contributed by atoms with Gasteiger partial charge in [0.2, 0.25) is 5.91 Å². The number of rotatable bonds is 7. The second-order valence-electron chi connectivity index (χ2n) is 4.04. The first-order valence-corrected chi connectivity index (χ1v) is 7.16. The molecule has 0 radical (unpaired) electrons. The van der Waals surface area contributed by atoms with Crippen LogP contribution in [0.25, 0.3) is 0 Å². The molecule has 0 spiro atoms. The summed E-state index contributed by atoms with van der Waals surface area (Å²) in [5.74, 6) is -3.12. The van der Waals surface area contributed by atoms with Gasteiger partial charge in [0.15, 0.2) is 9.84 Å². The summed E-state index contributed by atoms with van der Waals surface area (Å²) in [5, 5.41) is 9.65. The number of carboxylic acid groups (broad SMARTS) is 1. The van der Waals surface area contributed by atoms with Crippen LogP contribution < -0.4 is 5.32 Å². The fourth-order valence-electron chi connectivity index (χ4n) is 1.33. The van der Waals surface area contributed by atoms with Gasteiger partial charge in [-0.2, -0.15) is 0 Å². The van der Waals surface area contributed by atoms with Gasteiger partial charge in [0, 0.05) is 6.04 Å². The van der Waals surface area contributed by atoms with Gasteiger partial charge in [0.1, 0.15) is 11.0 Å². The van der Waals surface area contributed by atoms with Crippen LogP contribution in [0.4, 0.5) is 0 Å². The molecule has 0 aliphatic heterocycles. The second-order valence-corrected chi connectivity index (χ2v) is 6.36. The molecular weight excluding hydrogens is 246 g/mol. The zero-order chi connectivity index (χ0) is 13.6. The Morgan fingerprint density at radius 2 is 1.82 bits per heavy atom. The first-order chi connectivity index (χ1) is 7.70. The SMILES string of the molecule is CCCC(C)NC(=O)C(C)S(=O)(=O)CC(=O)O. The van der Waals surface area contributed by atoms with Crippen molar-refractivity contribution in [2.24, 2.45) is 0 Å². The highest BCUT2D eigenvalue weighted by molar-refractivity contribution is 7.93. The van der Waals surface area contributed by atoms with Crippen LogP contribution in [-0.2, 0) is 19.4 Å². The van der Waals surface area contributed by atoms with Crippen molar-refractivity contribution in [3.05, 3.63) is 0 Å². The van der Waals surface area contributed by atoms with E-state index in [9.17, 15) is 18.0 Å². The summed E-state index contributed by atoms with van der Waals surface area (Å²) < 4.78 is 23.0. The van der Waals surface area contributed by atoms with E-state index < -0.39 is 32.7 Å². The Balaban J connectivity index is 4.54. The molecule has 0 rings (SSSR count). The molecule has 0 saturated heterocycles. The number of aliphatic carboxylic acids is 1. The molecule has 1 amide bonds. The summed E-state index contributed by atoms with van der Waals surface area (Å²) in [6.45, 7) is 4.93. The smallest absolute Gasteiger partial charge is 0.318 e. The summed E-state index contributed by atoms with van der Waals surface area (Å²) in [7, 11) is -3.93. The van der Waals surface area contributed by atoms with E-state index in [0.717, 1.165) is 12.8 Å². The van der Waals surface area contributed by atoms with Crippen molar-refractivity contribution < 1.29 is 23.1 Å². The fraction of sp³-hybridized carbons (Fsp3) is 0.800. The topological polar surface area (TPSA) is 101 Å². The first kappa shape index (κ1) is 15.9. The molecule has 0 bridgehead atoms. The summed E-state index contributed by atoms with van der Waals surface area (Å²) in [6, 6.07) is -0.116. The summed E-state index contributed by atoms with van der Waals surface area (Å²) in [4.78, 5) is 21.9. The Hall–Kier alpha value is -1.11. The average Bonchev–Trinajstić information content (AvgIpc) is 2.14. The van der Waals surface area contributed by atoms with Gasteiger partial charge in [-0.1, -0.05) is 13.3 Å². The third-order valence-electron chi connectivity index (χ3n) is 2.34. The van der Waals surface area contributed by atoms with Gasteiger partial charge in [-0.15, -0.1) is 0 Å². The van der Waals surface area contributed by atoms with E-state index in [4.69, 9.17) is 5.11 Å². The van der Waals surface area contributed by atoms with Crippen LogP contribution in [-0.4, -0.2) is 42.4 Å². The predicted molar refractivity (Wildman–Crippen MR) is 63.4 cm³/mol. The highest BCUT2D eigenvalue weighted by Crippen LogP contribution is 2.04. The maximum Gasteiger partial charge on any atom is 0.318 e. The van der Waals surface area contributed by atoms with Crippen LogP contribution in [0.2, 0.25) is 0 Å². The maximum absolute atomic E-state index is 11.6. The second kappa shape index (κ2) is 6.58. The molecule has 17 heavy (non-hydrogen) atoms. The van der Waals surface area contributed by atoms with Crippen LogP contribution >= 0.6 is 0 Å². The summed E-state index contributed by atoms with van der Waals surface area (Å²) in [6.07, 6.45) is 1.62. The van der Waals surface area contributed by atoms with E-state index in [1.54, 1.807) is 6.92 Å². The van der Waals surface area contributed by atoms with Crippen LogP contribution in [0.5, 0.6) is 0 Å². The van der Waals surface area contributed by atoms with Gasteiger partial charge >= 0.3 is 5.97 Å². The molecule has 2 unspecified atom stereocenters. The van der Waals surface area contributed by atoms with Crippen molar-refractivity contribution in [2.45, 2.75) is 44.9 Å². The molecule has 2 atom stereocenters. The monoisotopic (exact) mass is 265 g/mol. The molecule has 7 heteroatoms. The minimum Gasteiger partial charge on any atom is -0.480 e. The lowest BCUT2D eigenvalue weighted by atomic mass is 10.2. The van der Waals surface area contributed by atoms with E-state index in [2.05, 4.69) is 5.32 Å². The largest absolute Gasteiger partial charge is 0.480 e. The zero-order valence-electron chi connectivity index (χ0n) is 10.3. The fourth-order valence-corrected chi connectivity index (χ4v) is 2.31. The molecule has 0 aromatic rings. The minimum absolute atomic E-state index is 0.116. The standard InChI is InChI=1S/C10H19NO5S/c1-4-5-7(2)11-10(14)8(3)17(15,16)6-9(12)13/h7-8H,4-6H2,1-3H3,(H,11,14)(H,12,13). The Morgan fingerprint density at radius 3 is 2.24 bits per heavy atom.